The van der Waals surface area contributed by atoms with Gasteiger partial charge in [-0.15, -0.1) is 0 Å². The van der Waals surface area contributed by atoms with Crippen LogP contribution in [0.5, 0.6) is 0 Å². The fourth-order valence-electron chi connectivity index (χ4n) is 1.43. The van der Waals surface area contributed by atoms with Crippen LogP contribution in [0.15, 0.2) is 22.8 Å². The van der Waals surface area contributed by atoms with Gasteiger partial charge in [-0.05, 0) is 25.0 Å². The van der Waals surface area contributed by atoms with E-state index in [9.17, 15) is 4.79 Å². The topological polar surface area (TPSA) is 68.3 Å². The van der Waals surface area contributed by atoms with Gasteiger partial charge in [0, 0.05) is 0 Å². The van der Waals surface area contributed by atoms with Gasteiger partial charge in [-0.3, -0.25) is 4.79 Å². The quantitative estimate of drug-likeness (QED) is 0.801. The number of carbonyl (C=O) groups is 1. The Hall–Kier alpha value is -1.29. The predicted molar refractivity (Wildman–Crippen MR) is 62.7 cm³/mol. The van der Waals surface area contributed by atoms with Gasteiger partial charge in [-0.2, -0.15) is 0 Å². The Bertz CT molecular complexity index is 322. The van der Waals surface area contributed by atoms with Crippen LogP contribution >= 0.6 is 0 Å². The average molecular weight is 224 g/mol. The summed E-state index contributed by atoms with van der Waals surface area (Å²) in [7, 11) is 0. The molecule has 90 valence electrons. The van der Waals surface area contributed by atoms with Crippen molar-refractivity contribution in [3.63, 3.8) is 0 Å². The second-order valence-electron chi connectivity index (χ2n) is 4.16. The molecule has 0 fully saturated rings. The van der Waals surface area contributed by atoms with Crippen LogP contribution in [0.3, 0.4) is 0 Å². The van der Waals surface area contributed by atoms with Crippen molar-refractivity contribution in [3.05, 3.63) is 24.2 Å². The van der Waals surface area contributed by atoms with Crippen molar-refractivity contribution in [1.29, 1.82) is 0 Å². The van der Waals surface area contributed by atoms with Gasteiger partial charge in [0.2, 0.25) is 5.91 Å². The van der Waals surface area contributed by atoms with Crippen molar-refractivity contribution in [2.24, 2.45) is 11.7 Å². The minimum Gasteiger partial charge on any atom is -0.467 e. The monoisotopic (exact) mass is 224 g/mol. The zero-order valence-corrected chi connectivity index (χ0v) is 10.1. The third kappa shape index (κ3) is 3.10. The molecule has 1 amide bonds. The maximum atomic E-state index is 11.8. The third-order valence-electron chi connectivity index (χ3n) is 2.89. The van der Waals surface area contributed by atoms with Crippen molar-refractivity contribution >= 4 is 5.91 Å². The summed E-state index contributed by atoms with van der Waals surface area (Å²) in [4.78, 5) is 11.8. The van der Waals surface area contributed by atoms with Gasteiger partial charge < -0.3 is 15.5 Å². The molecular formula is C12H20N2O2. The summed E-state index contributed by atoms with van der Waals surface area (Å²) in [6, 6.07) is 3.03. The largest absolute Gasteiger partial charge is 0.467 e. The van der Waals surface area contributed by atoms with Gasteiger partial charge in [0.15, 0.2) is 0 Å². The molecule has 0 saturated carbocycles. The molecule has 0 saturated heterocycles. The standard InChI is InChI=1S/C12H20N2O2/c1-4-8(2)11(13)12(15)14-9(3)10-6-5-7-16-10/h5-9,11H,4,13H2,1-3H3,(H,14,15)/t8?,9?,11-/m0/s1. The Labute approximate surface area is 96.2 Å². The van der Waals surface area contributed by atoms with Gasteiger partial charge >= 0.3 is 0 Å². The van der Waals surface area contributed by atoms with Crippen LogP contribution in [-0.2, 0) is 4.79 Å². The molecule has 0 bridgehead atoms. The number of hydrogen-bond acceptors (Lipinski definition) is 3. The molecule has 0 aliphatic rings. The number of nitrogens with one attached hydrogen (secondary N) is 1. The molecule has 3 atom stereocenters. The molecule has 0 spiro atoms. The van der Waals surface area contributed by atoms with Crippen LogP contribution in [0.25, 0.3) is 0 Å². The first-order valence-electron chi connectivity index (χ1n) is 5.65. The average Bonchev–Trinajstić information content (AvgIpc) is 2.80. The summed E-state index contributed by atoms with van der Waals surface area (Å²) in [6.07, 6.45) is 2.48. The van der Waals surface area contributed by atoms with E-state index in [-0.39, 0.29) is 17.9 Å². The van der Waals surface area contributed by atoms with Crippen LogP contribution in [0, 0.1) is 5.92 Å². The summed E-state index contributed by atoms with van der Waals surface area (Å²) in [5, 5.41) is 2.84. The Morgan fingerprint density at radius 1 is 1.56 bits per heavy atom. The molecule has 4 heteroatoms. The Morgan fingerprint density at radius 2 is 2.25 bits per heavy atom. The summed E-state index contributed by atoms with van der Waals surface area (Å²) in [6.45, 7) is 5.87. The van der Waals surface area contributed by atoms with Crippen molar-refractivity contribution in [1.82, 2.24) is 5.32 Å². The smallest absolute Gasteiger partial charge is 0.237 e. The lowest BCUT2D eigenvalue weighted by Crippen LogP contribution is -2.45. The molecule has 1 rings (SSSR count). The second-order valence-corrected chi connectivity index (χ2v) is 4.16. The zero-order valence-electron chi connectivity index (χ0n) is 10.1. The highest BCUT2D eigenvalue weighted by Crippen LogP contribution is 2.13. The maximum Gasteiger partial charge on any atom is 0.237 e. The van der Waals surface area contributed by atoms with Gasteiger partial charge in [-0.25, -0.2) is 0 Å². The highest BCUT2D eigenvalue weighted by Gasteiger charge is 2.21. The van der Waals surface area contributed by atoms with Crippen molar-refractivity contribution in [2.45, 2.75) is 39.3 Å². The van der Waals surface area contributed by atoms with Crippen LogP contribution in [0.1, 0.15) is 39.0 Å². The molecule has 4 nitrogen and oxygen atoms in total. The number of rotatable bonds is 5. The molecule has 3 N–H and O–H groups in total. The molecule has 16 heavy (non-hydrogen) atoms. The van der Waals surface area contributed by atoms with Crippen LogP contribution in [-0.4, -0.2) is 11.9 Å². The molecule has 0 aromatic carbocycles. The fraction of sp³-hybridized carbons (Fsp3) is 0.583. The first kappa shape index (κ1) is 12.8. The molecule has 2 unspecified atom stereocenters. The van der Waals surface area contributed by atoms with E-state index in [1.807, 2.05) is 26.8 Å². The second kappa shape index (κ2) is 5.70. The number of furan rings is 1. The third-order valence-corrected chi connectivity index (χ3v) is 2.89. The lowest BCUT2D eigenvalue weighted by Gasteiger charge is -2.20. The van der Waals surface area contributed by atoms with Crippen LogP contribution < -0.4 is 11.1 Å². The van der Waals surface area contributed by atoms with Crippen LogP contribution in [0.2, 0.25) is 0 Å². The molecular weight excluding hydrogens is 204 g/mol. The summed E-state index contributed by atoms with van der Waals surface area (Å²) in [5.74, 6) is 0.798. The Morgan fingerprint density at radius 3 is 2.75 bits per heavy atom. The van der Waals surface area contributed by atoms with E-state index >= 15 is 0 Å². The number of carbonyl (C=O) groups excluding carboxylic acids is 1. The number of amides is 1. The molecule has 0 aliphatic carbocycles. The lowest BCUT2D eigenvalue weighted by molar-refractivity contribution is -0.124. The molecule has 1 heterocycles. The minimum absolute atomic E-state index is 0.127. The van der Waals surface area contributed by atoms with Crippen molar-refractivity contribution in [2.75, 3.05) is 0 Å². The molecule has 0 aliphatic heterocycles. The van der Waals surface area contributed by atoms with E-state index in [0.717, 1.165) is 12.2 Å². The van der Waals surface area contributed by atoms with Gasteiger partial charge in [0.25, 0.3) is 0 Å². The first-order valence-corrected chi connectivity index (χ1v) is 5.65. The van der Waals surface area contributed by atoms with E-state index in [4.69, 9.17) is 10.2 Å². The first-order chi connectivity index (χ1) is 7.56. The fourth-order valence-corrected chi connectivity index (χ4v) is 1.43. The van der Waals surface area contributed by atoms with Gasteiger partial charge in [0.05, 0.1) is 18.3 Å². The van der Waals surface area contributed by atoms with E-state index in [1.165, 1.54) is 0 Å². The normalized spacial score (nSPS) is 16.5. The van der Waals surface area contributed by atoms with Crippen molar-refractivity contribution in [3.8, 4) is 0 Å². The number of hydrogen-bond donors (Lipinski definition) is 2. The van der Waals surface area contributed by atoms with E-state index in [0.29, 0.717) is 0 Å². The van der Waals surface area contributed by atoms with Crippen molar-refractivity contribution < 1.29 is 9.21 Å². The molecule has 0 radical (unpaired) electrons. The molecule has 1 aromatic heterocycles. The Balaban J connectivity index is 2.51. The van der Waals surface area contributed by atoms with E-state index < -0.39 is 6.04 Å². The van der Waals surface area contributed by atoms with Crippen LogP contribution in [0.4, 0.5) is 0 Å². The van der Waals surface area contributed by atoms with Gasteiger partial charge in [0.1, 0.15) is 5.76 Å². The zero-order chi connectivity index (χ0) is 12.1. The summed E-state index contributed by atoms with van der Waals surface area (Å²) >= 11 is 0. The lowest BCUT2D eigenvalue weighted by atomic mass is 9.99. The Kier molecular flexibility index (Phi) is 4.55. The highest BCUT2D eigenvalue weighted by atomic mass is 16.3. The minimum atomic E-state index is -0.456. The summed E-state index contributed by atoms with van der Waals surface area (Å²) < 4.78 is 5.21. The molecule has 1 aromatic rings. The summed E-state index contributed by atoms with van der Waals surface area (Å²) in [5.41, 5.74) is 5.83. The SMILES string of the molecule is CCC(C)[C@H](N)C(=O)NC(C)c1ccco1. The highest BCUT2D eigenvalue weighted by molar-refractivity contribution is 5.82. The maximum absolute atomic E-state index is 11.8. The van der Waals surface area contributed by atoms with E-state index in [1.54, 1.807) is 12.3 Å². The predicted octanol–water partition coefficient (Wildman–Crippen LogP) is 1.83. The van der Waals surface area contributed by atoms with Gasteiger partial charge in [-0.1, -0.05) is 20.3 Å². The number of nitrogens with two attached hydrogens (primary N) is 1. The van der Waals surface area contributed by atoms with E-state index in [2.05, 4.69) is 5.32 Å².